The summed E-state index contributed by atoms with van der Waals surface area (Å²) in [7, 11) is 0. The number of amides is 1. The maximum absolute atomic E-state index is 11.3. The molecule has 0 aliphatic rings. The zero-order chi connectivity index (χ0) is 16.8. The number of anilines is 1. The topological polar surface area (TPSA) is 38.3 Å². The summed E-state index contributed by atoms with van der Waals surface area (Å²) < 4.78 is 5.84. The van der Waals surface area contributed by atoms with Gasteiger partial charge in [-0.1, -0.05) is 54.2 Å². The van der Waals surface area contributed by atoms with Crippen LogP contribution in [-0.4, -0.2) is 11.5 Å². The standard InChI is InChI=1S/C20H17NO2S/c1-24-20(22)21-17-9-13-19(14-10-17)23-18-11-7-16(8-12-18)15-5-3-2-4-6-15/h2-14H,1H3,(H,21,22). The lowest BCUT2D eigenvalue weighted by Gasteiger charge is -2.08. The molecule has 0 atom stereocenters. The summed E-state index contributed by atoms with van der Waals surface area (Å²) >= 11 is 1.14. The molecular formula is C20H17NO2S. The summed E-state index contributed by atoms with van der Waals surface area (Å²) in [6.45, 7) is 0. The Hall–Kier alpha value is -2.72. The van der Waals surface area contributed by atoms with Crippen molar-refractivity contribution in [1.29, 1.82) is 0 Å². The molecule has 3 aromatic rings. The van der Waals surface area contributed by atoms with Crippen LogP contribution in [0.1, 0.15) is 0 Å². The number of rotatable bonds is 4. The molecule has 4 heteroatoms. The second-order valence-electron chi connectivity index (χ2n) is 5.13. The number of thioether (sulfide) groups is 1. The van der Waals surface area contributed by atoms with E-state index in [1.807, 2.05) is 66.7 Å². The van der Waals surface area contributed by atoms with E-state index in [-0.39, 0.29) is 5.24 Å². The van der Waals surface area contributed by atoms with Crippen LogP contribution in [-0.2, 0) is 0 Å². The van der Waals surface area contributed by atoms with Crippen molar-refractivity contribution >= 4 is 22.7 Å². The van der Waals surface area contributed by atoms with E-state index >= 15 is 0 Å². The van der Waals surface area contributed by atoms with Gasteiger partial charge in [-0.3, -0.25) is 4.79 Å². The summed E-state index contributed by atoms with van der Waals surface area (Å²) in [4.78, 5) is 11.3. The Balaban J connectivity index is 1.67. The van der Waals surface area contributed by atoms with Gasteiger partial charge in [-0.25, -0.2) is 0 Å². The Morgan fingerprint density at radius 1 is 0.792 bits per heavy atom. The van der Waals surface area contributed by atoms with Crippen LogP contribution in [0, 0.1) is 0 Å². The molecule has 0 unspecified atom stereocenters. The second kappa shape index (κ2) is 7.70. The fraction of sp³-hybridized carbons (Fsp3) is 0.0500. The van der Waals surface area contributed by atoms with Gasteiger partial charge in [0.1, 0.15) is 11.5 Å². The number of carbonyl (C=O) groups is 1. The van der Waals surface area contributed by atoms with Gasteiger partial charge in [-0.15, -0.1) is 0 Å². The lowest BCUT2D eigenvalue weighted by Crippen LogP contribution is -2.03. The number of ether oxygens (including phenoxy) is 1. The van der Waals surface area contributed by atoms with Crippen molar-refractivity contribution in [3.05, 3.63) is 78.9 Å². The molecule has 0 radical (unpaired) electrons. The van der Waals surface area contributed by atoms with E-state index in [1.165, 1.54) is 5.56 Å². The Bertz CT molecular complexity index is 799. The normalized spacial score (nSPS) is 10.2. The highest BCUT2D eigenvalue weighted by atomic mass is 32.2. The lowest BCUT2D eigenvalue weighted by molar-refractivity contribution is 0.270. The summed E-state index contributed by atoms with van der Waals surface area (Å²) in [5.74, 6) is 1.50. The zero-order valence-corrected chi connectivity index (χ0v) is 14.0. The molecule has 120 valence electrons. The molecule has 0 bridgehead atoms. The van der Waals surface area contributed by atoms with E-state index in [1.54, 1.807) is 6.26 Å². The van der Waals surface area contributed by atoms with Crippen molar-refractivity contribution < 1.29 is 9.53 Å². The number of carbonyl (C=O) groups excluding carboxylic acids is 1. The van der Waals surface area contributed by atoms with Gasteiger partial charge in [-0.05, 0) is 53.8 Å². The highest BCUT2D eigenvalue weighted by Crippen LogP contribution is 2.26. The molecule has 0 aliphatic heterocycles. The fourth-order valence-corrected chi connectivity index (χ4v) is 2.48. The van der Waals surface area contributed by atoms with E-state index in [2.05, 4.69) is 17.4 Å². The predicted octanol–water partition coefficient (Wildman–Crippen LogP) is 6.04. The average molecular weight is 335 g/mol. The van der Waals surface area contributed by atoms with E-state index in [9.17, 15) is 4.79 Å². The third kappa shape index (κ3) is 4.18. The van der Waals surface area contributed by atoms with Gasteiger partial charge >= 0.3 is 0 Å². The highest BCUT2D eigenvalue weighted by molar-refractivity contribution is 8.13. The summed E-state index contributed by atoms with van der Waals surface area (Å²) in [5.41, 5.74) is 3.08. The molecule has 0 saturated carbocycles. The Morgan fingerprint density at radius 3 is 1.92 bits per heavy atom. The highest BCUT2D eigenvalue weighted by Gasteiger charge is 2.02. The summed E-state index contributed by atoms with van der Waals surface area (Å²) in [6, 6.07) is 25.5. The minimum absolute atomic E-state index is 0.0832. The van der Waals surface area contributed by atoms with Crippen LogP contribution in [0.15, 0.2) is 78.9 Å². The molecule has 0 heterocycles. The third-order valence-corrected chi connectivity index (χ3v) is 3.96. The first-order valence-electron chi connectivity index (χ1n) is 7.53. The van der Waals surface area contributed by atoms with Crippen molar-refractivity contribution in [2.75, 3.05) is 11.6 Å². The number of benzene rings is 3. The number of hydrogen-bond donors (Lipinski definition) is 1. The van der Waals surface area contributed by atoms with Crippen LogP contribution in [0.2, 0.25) is 0 Å². The van der Waals surface area contributed by atoms with Gasteiger partial charge in [0, 0.05) is 5.69 Å². The minimum Gasteiger partial charge on any atom is -0.457 e. The van der Waals surface area contributed by atoms with Gasteiger partial charge in [0.25, 0.3) is 5.24 Å². The van der Waals surface area contributed by atoms with Crippen LogP contribution in [0.5, 0.6) is 11.5 Å². The van der Waals surface area contributed by atoms with Crippen LogP contribution in [0.3, 0.4) is 0 Å². The first-order valence-corrected chi connectivity index (χ1v) is 8.75. The van der Waals surface area contributed by atoms with Crippen molar-refractivity contribution in [3.8, 4) is 22.6 Å². The van der Waals surface area contributed by atoms with Crippen molar-refractivity contribution in [3.63, 3.8) is 0 Å². The molecule has 0 fully saturated rings. The number of nitrogens with one attached hydrogen (secondary N) is 1. The van der Waals surface area contributed by atoms with Crippen LogP contribution < -0.4 is 10.1 Å². The smallest absolute Gasteiger partial charge is 0.283 e. The van der Waals surface area contributed by atoms with Gasteiger partial charge in [-0.2, -0.15) is 0 Å². The Morgan fingerprint density at radius 2 is 1.33 bits per heavy atom. The van der Waals surface area contributed by atoms with Crippen molar-refractivity contribution in [2.24, 2.45) is 0 Å². The quantitative estimate of drug-likeness (QED) is 0.631. The summed E-state index contributed by atoms with van der Waals surface area (Å²) in [6.07, 6.45) is 1.74. The van der Waals surface area contributed by atoms with E-state index < -0.39 is 0 Å². The zero-order valence-electron chi connectivity index (χ0n) is 13.2. The molecule has 3 rings (SSSR count). The molecule has 0 aromatic heterocycles. The average Bonchev–Trinajstić information content (AvgIpc) is 2.64. The van der Waals surface area contributed by atoms with Gasteiger partial charge in [0.2, 0.25) is 0 Å². The molecule has 1 N–H and O–H groups in total. The molecule has 3 nitrogen and oxygen atoms in total. The fourth-order valence-electron chi connectivity index (χ4n) is 2.26. The van der Waals surface area contributed by atoms with Crippen LogP contribution >= 0.6 is 11.8 Å². The maximum Gasteiger partial charge on any atom is 0.283 e. The predicted molar refractivity (Wildman–Crippen MR) is 101 cm³/mol. The molecule has 0 spiro atoms. The largest absolute Gasteiger partial charge is 0.457 e. The summed E-state index contributed by atoms with van der Waals surface area (Å²) in [5, 5.41) is 2.69. The van der Waals surface area contributed by atoms with Gasteiger partial charge in [0.15, 0.2) is 0 Å². The van der Waals surface area contributed by atoms with Crippen LogP contribution in [0.25, 0.3) is 11.1 Å². The first kappa shape index (κ1) is 16.1. The molecule has 0 saturated heterocycles. The molecule has 1 amide bonds. The van der Waals surface area contributed by atoms with E-state index in [0.29, 0.717) is 0 Å². The molecule has 24 heavy (non-hydrogen) atoms. The Labute approximate surface area is 145 Å². The molecule has 3 aromatic carbocycles. The van der Waals surface area contributed by atoms with Crippen molar-refractivity contribution in [1.82, 2.24) is 0 Å². The van der Waals surface area contributed by atoms with Gasteiger partial charge in [0.05, 0.1) is 0 Å². The molecular weight excluding hydrogens is 318 g/mol. The SMILES string of the molecule is CSC(=O)Nc1ccc(Oc2ccc(-c3ccccc3)cc2)cc1. The van der Waals surface area contributed by atoms with E-state index in [0.717, 1.165) is 34.5 Å². The number of hydrogen-bond acceptors (Lipinski definition) is 3. The monoisotopic (exact) mass is 335 g/mol. The van der Waals surface area contributed by atoms with Gasteiger partial charge < -0.3 is 10.1 Å². The Kier molecular flexibility index (Phi) is 5.18. The second-order valence-corrected chi connectivity index (χ2v) is 5.91. The third-order valence-electron chi connectivity index (χ3n) is 3.48. The lowest BCUT2D eigenvalue weighted by atomic mass is 10.1. The minimum atomic E-state index is -0.0832. The maximum atomic E-state index is 11.3. The van der Waals surface area contributed by atoms with Crippen molar-refractivity contribution in [2.45, 2.75) is 0 Å². The van der Waals surface area contributed by atoms with E-state index in [4.69, 9.17) is 4.74 Å². The van der Waals surface area contributed by atoms with Crippen LogP contribution in [0.4, 0.5) is 10.5 Å². The molecule has 0 aliphatic carbocycles. The first-order chi connectivity index (χ1) is 11.7.